The highest BCUT2D eigenvalue weighted by atomic mass is 35.5. The highest BCUT2D eigenvalue weighted by Gasteiger charge is 1.92. The highest BCUT2D eigenvalue weighted by molar-refractivity contribution is 6.30. The van der Waals surface area contributed by atoms with Crippen LogP contribution < -0.4 is 5.32 Å². The molecule has 0 aromatic heterocycles. The second kappa shape index (κ2) is 4.67. The Balaban J connectivity index is 2.74. The van der Waals surface area contributed by atoms with E-state index in [-0.39, 0.29) is 0 Å². The summed E-state index contributed by atoms with van der Waals surface area (Å²) in [5.74, 6) is 0. The van der Waals surface area contributed by atoms with Crippen LogP contribution in [-0.4, -0.2) is 6.29 Å². The number of rotatable bonds is 3. The molecule has 2 nitrogen and oxygen atoms in total. The van der Waals surface area contributed by atoms with Crippen molar-refractivity contribution < 1.29 is 4.79 Å². The maximum Gasteiger partial charge on any atom is 0.144 e. The number of halogens is 1. The van der Waals surface area contributed by atoms with Crippen LogP contribution in [0.5, 0.6) is 0 Å². The first-order chi connectivity index (χ1) is 6.22. The Bertz CT molecular complexity index is 333. The number of hydrogen-bond acceptors (Lipinski definition) is 2. The number of hydrogen-bond donors (Lipinski definition) is 1. The lowest BCUT2D eigenvalue weighted by Gasteiger charge is -2.04. The van der Waals surface area contributed by atoms with E-state index in [1.54, 1.807) is 12.1 Å². The number of aldehydes is 1. The first-order valence-corrected chi connectivity index (χ1v) is 4.25. The third-order valence-corrected chi connectivity index (χ3v) is 1.72. The summed E-state index contributed by atoms with van der Waals surface area (Å²) in [5, 5.41) is 3.70. The van der Waals surface area contributed by atoms with Gasteiger partial charge in [-0.3, -0.25) is 4.79 Å². The quantitative estimate of drug-likeness (QED) is 0.594. The largest absolute Gasteiger partial charge is 0.359 e. The molecular weight excluding hydrogens is 186 g/mol. The van der Waals surface area contributed by atoms with Gasteiger partial charge in [0.05, 0.1) is 0 Å². The smallest absolute Gasteiger partial charge is 0.144 e. The molecule has 1 aromatic carbocycles. The molecule has 0 radical (unpaired) electrons. The Morgan fingerprint density at radius 1 is 1.54 bits per heavy atom. The fourth-order valence-corrected chi connectivity index (χ4v) is 1.13. The summed E-state index contributed by atoms with van der Waals surface area (Å²) in [6.07, 6.45) is 2.20. The van der Waals surface area contributed by atoms with Gasteiger partial charge in [0.15, 0.2) is 0 Å². The fraction of sp³-hybridized carbons (Fsp3) is 0.100. The Hall–Kier alpha value is -1.28. The molecule has 1 N–H and O–H groups in total. The Labute approximate surface area is 82.2 Å². The van der Waals surface area contributed by atoms with Crippen molar-refractivity contribution in [2.45, 2.75) is 6.92 Å². The van der Waals surface area contributed by atoms with Crippen molar-refractivity contribution in [1.29, 1.82) is 0 Å². The SMILES string of the molecule is C/C(=C\C=O)Nc1cccc(Cl)c1. The summed E-state index contributed by atoms with van der Waals surface area (Å²) in [4.78, 5) is 10.1. The molecule has 0 aliphatic carbocycles. The zero-order valence-corrected chi connectivity index (χ0v) is 8.01. The summed E-state index contributed by atoms with van der Waals surface area (Å²) in [5.41, 5.74) is 1.67. The molecule has 0 saturated carbocycles. The third-order valence-electron chi connectivity index (χ3n) is 1.48. The molecule has 0 bridgehead atoms. The maximum atomic E-state index is 10.1. The normalized spacial score (nSPS) is 11.1. The van der Waals surface area contributed by atoms with Gasteiger partial charge in [-0.25, -0.2) is 0 Å². The Kier molecular flexibility index (Phi) is 3.53. The maximum absolute atomic E-state index is 10.1. The van der Waals surface area contributed by atoms with Crippen LogP contribution in [-0.2, 0) is 4.79 Å². The van der Waals surface area contributed by atoms with Gasteiger partial charge in [-0.05, 0) is 31.2 Å². The fourth-order valence-electron chi connectivity index (χ4n) is 0.938. The molecule has 0 unspecified atom stereocenters. The zero-order valence-electron chi connectivity index (χ0n) is 7.25. The van der Waals surface area contributed by atoms with Gasteiger partial charge in [0.1, 0.15) is 6.29 Å². The average Bonchev–Trinajstić information content (AvgIpc) is 2.04. The number of carbonyl (C=O) groups is 1. The van der Waals surface area contributed by atoms with E-state index in [2.05, 4.69) is 5.32 Å². The van der Waals surface area contributed by atoms with Crippen molar-refractivity contribution in [2.24, 2.45) is 0 Å². The van der Waals surface area contributed by atoms with Crippen molar-refractivity contribution in [3.8, 4) is 0 Å². The van der Waals surface area contributed by atoms with E-state index in [1.807, 2.05) is 19.1 Å². The third kappa shape index (κ3) is 3.30. The number of carbonyl (C=O) groups excluding carboxylic acids is 1. The second-order valence-corrected chi connectivity index (χ2v) is 3.06. The van der Waals surface area contributed by atoms with Crippen LogP contribution in [0.1, 0.15) is 6.92 Å². The number of benzene rings is 1. The first kappa shape index (κ1) is 9.81. The number of nitrogens with one attached hydrogen (secondary N) is 1. The average molecular weight is 196 g/mol. The van der Waals surface area contributed by atoms with Crippen molar-refractivity contribution in [2.75, 3.05) is 5.32 Å². The van der Waals surface area contributed by atoms with Gasteiger partial charge in [-0.2, -0.15) is 0 Å². The van der Waals surface area contributed by atoms with Gasteiger partial charge in [0.25, 0.3) is 0 Å². The predicted octanol–water partition coefficient (Wildman–Crippen LogP) is 2.85. The molecule has 0 fully saturated rings. The Morgan fingerprint density at radius 3 is 2.92 bits per heavy atom. The van der Waals surface area contributed by atoms with Crippen molar-refractivity contribution >= 4 is 23.6 Å². The van der Waals surface area contributed by atoms with Gasteiger partial charge < -0.3 is 5.32 Å². The summed E-state index contributed by atoms with van der Waals surface area (Å²) in [7, 11) is 0. The van der Waals surface area contributed by atoms with E-state index in [4.69, 9.17) is 11.6 Å². The van der Waals surface area contributed by atoms with Gasteiger partial charge >= 0.3 is 0 Å². The number of anilines is 1. The van der Waals surface area contributed by atoms with Crippen LogP contribution in [0.2, 0.25) is 5.02 Å². The van der Waals surface area contributed by atoms with E-state index in [9.17, 15) is 4.79 Å². The lowest BCUT2D eigenvalue weighted by Crippen LogP contribution is -1.95. The minimum absolute atomic E-state index is 0.670. The van der Waals surface area contributed by atoms with Crippen LogP contribution in [0, 0.1) is 0 Å². The van der Waals surface area contributed by atoms with Gasteiger partial charge in [-0.15, -0.1) is 0 Å². The molecule has 0 amide bonds. The minimum Gasteiger partial charge on any atom is -0.359 e. The lowest BCUT2D eigenvalue weighted by molar-refractivity contribution is -0.104. The molecule has 68 valence electrons. The van der Waals surface area contributed by atoms with E-state index >= 15 is 0 Å². The standard InChI is InChI=1S/C10H10ClNO/c1-8(5-6-13)12-10-4-2-3-9(11)7-10/h2-7,12H,1H3/b8-5+. The first-order valence-electron chi connectivity index (χ1n) is 3.87. The van der Waals surface area contributed by atoms with E-state index in [0.29, 0.717) is 5.02 Å². The summed E-state index contributed by atoms with van der Waals surface area (Å²) in [6.45, 7) is 1.81. The van der Waals surface area contributed by atoms with E-state index in [0.717, 1.165) is 17.7 Å². The molecule has 13 heavy (non-hydrogen) atoms. The number of allylic oxidation sites excluding steroid dienone is 2. The Morgan fingerprint density at radius 2 is 2.31 bits per heavy atom. The highest BCUT2D eigenvalue weighted by Crippen LogP contribution is 2.16. The van der Waals surface area contributed by atoms with Crippen molar-refractivity contribution in [3.63, 3.8) is 0 Å². The molecular formula is C10H10ClNO. The predicted molar refractivity (Wildman–Crippen MR) is 54.9 cm³/mol. The monoisotopic (exact) mass is 195 g/mol. The van der Waals surface area contributed by atoms with Crippen LogP contribution >= 0.6 is 11.6 Å². The molecule has 1 rings (SSSR count). The van der Waals surface area contributed by atoms with Crippen molar-refractivity contribution in [1.82, 2.24) is 0 Å². The van der Waals surface area contributed by atoms with E-state index < -0.39 is 0 Å². The lowest BCUT2D eigenvalue weighted by atomic mass is 10.3. The van der Waals surface area contributed by atoms with E-state index in [1.165, 1.54) is 6.08 Å². The summed E-state index contributed by atoms with van der Waals surface area (Å²) in [6, 6.07) is 7.32. The van der Waals surface area contributed by atoms with Crippen LogP contribution in [0.3, 0.4) is 0 Å². The second-order valence-electron chi connectivity index (χ2n) is 2.62. The molecule has 0 aliphatic heterocycles. The molecule has 3 heteroatoms. The van der Waals surface area contributed by atoms with Crippen LogP contribution in [0.4, 0.5) is 5.69 Å². The molecule has 0 aliphatic rings. The summed E-state index contributed by atoms with van der Waals surface area (Å²) >= 11 is 5.78. The van der Waals surface area contributed by atoms with Gasteiger partial charge in [0, 0.05) is 16.4 Å². The minimum atomic E-state index is 0.670. The van der Waals surface area contributed by atoms with Crippen LogP contribution in [0.15, 0.2) is 36.0 Å². The molecule has 0 spiro atoms. The molecule has 0 atom stereocenters. The zero-order chi connectivity index (χ0) is 9.68. The summed E-state index contributed by atoms with van der Waals surface area (Å²) < 4.78 is 0. The van der Waals surface area contributed by atoms with Crippen LogP contribution in [0.25, 0.3) is 0 Å². The topological polar surface area (TPSA) is 29.1 Å². The van der Waals surface area contributed by atoms with Gasteiger partial charge in [0.2, 0.25) is 0 Å². The molecule has 0 saturated heterocycles. The molecule has 1 aromatic rings. The van der Waals surface area contributed by atoms with Crippen molar-refractivity contribution in [3.05, 3.63) is 41.1 Å². The van der Waals surface area contributed by atoms with Gasteiger partial charge in [-0.1, -0.05) is 17.7 Å². The molecule has 0 heterocycles.